The van der Waals surface area contributed by atoms with Gasteiger partial charge in [-0.2, -0.15) is 13.2 Å². The third-order valence-corrected chi connectivity index (χ3v) is 2.38. The van der Waals surface area contributed by atoms with Crippen LogP contribution in [-0.2, 0) is 10.9 Å². The van der Waals surface area contributed by atoms with E-state index in [0.29, 0.717) is 18.3 Å². The molecule has 20 heavy (non-hydrogen) atoms. The lowest BCUT2D eigenvalue weighted by Gasteiger charge is -2.14. The number of hydrogen-bond donors (Lipinski definition) is 1. The van der Waals surface area contributed by atoms with Crippen molar-refractivity contribution in [1.29, 1.82) is 0 Å². The highest BCUT2D eigenvalue weighted by Crippen LogP contribution is 2.32. The number of hydrogen-bond acceptors (Lipinski definition) is 4. The summed E-state index contributed by atoms with van der Waals surface area (Å²) < 4.78 is 54.0. The first-order valence-corrected chi connectivity index (χ1v) is 5.68. The van der Waals surface area contributed by atoms with Crippen LogP contribution in [0.15, 0.2) is 23.2 Å². The Morgan fingerprint density at radius 3 is 2.25 bits per heavy atom. The van der Waals surface area contributed by atoms with Gasteiger partial charge in [-0.15, -0.1) is 0 Å². The number of alkyl halides is 3. The van der Waals surface area contributed by atoms with Crippen molar-refractivity contribution in [1.82, 2.24) is 0 Å². The van der Waals surface area contributed by atoms with Gasteiger partial charge in [-0.1, -0.05) is 0 Å². The molecule has 1 aliphatic rings. The average Bonchev–Trinajstić information content (AvgIpc) is 2.79. The Labute approximate surface area is 113 Å². The van der Waals surface area contributed by atoms with Crippen LogP contribution in [0.4, 0.5) is 23.2 Å². The maximum Gasteiger partial charge on any atom is 0.419 e. The van der Waals surface area contributed by atoms with Crippen LogP contribution < -0.4 is 10.6 Å². The zero-order valence-electron chi connectivity index (χ0n) is 11.0. The van der Waals surface area contributed by atoms with Gasteiger partial charge in [-0.25, -0.2) is 9.38 Å². The van der Waals surface area contributed by atoms with Crippen LogP contribution in [0.3, 0.4) is 0 Å². The Hall–Kier alpha value is -1.99. The molecule has 1 heterocycles. The Bertz CT molecular complexity index is 486. The second-order valence-electron chi connectivity index (χ2n) is 4.12. The van der Waals surface area contributed by atoms with E-state index >= 15 is 0 Å². The summed E-state index contributed by atoms with van der Waals surface area (Å²) in [5.41, 5.74) is 4.23. The molecule has 4 nitrogen and oxygen atoms in total. The number of ether oxygens (including phenoxy) is 1. The number of aliphatic imine (C=N–C) groups is 1. The van der Waals surface area contributed by atoms with Crippen molar-refractivity contribution < 1.29 is 22.3 Å². The van der Waals surface area contributed by atoms with Gasteiger partial charge in [0.25, 0.3) is 6.02 Å². The van der Waals surface area contributed by atoms with Crippen molar-refractivity contribution in [2.24, 2.45) is 10.7 Å². The molecule has 8 heteroatoms. The van der Waals surface area contributed by atoms with Gasteiger partial charge >= 0.3 is 6.18 Å². The SMILES string of the molecule is CN(C)c1ccc(C(F)(F)F)c(F)c1.NC1=NCCO1. The normalized spacial score (nSPS) is 14.0. The summed E-state index contributed by atoms with van der Waals surface area (Å²) in [5, 5.41) is 0. The van der Waals surface area contributed by atoms with E-state index in [1.165, 1.54) is 11.0 Å². The molecule has 1 aliphatic heterocycles. The van der Waals surface area contributed by atoms with Crippen LogP contribution in [-0.4, -0.2) is 33.3 Å². The first-order chi connectivity index (χ1) is 9.21. The molecular formula is C12H15F4N3O. The number of amidine groups is 1. The second-order valence-corrected chi connectivity index (χ2v) is 4.12. The molecule has 0 unspecified atom stereocenters. The number of halogens is 4. The van der Waals surface area contributed by atoms with Crippen LogP contribution in [0.25, 0.3) is 0 Å². The summed E-state index contributed by atoms with van der Waals surface area (Å²) in [5.74, 6) is -1.25. The number of nitrogens with zero attached hydrogens (tertiary/aromatic N) is 2. The maximum atomic E-state index is 13.0. The molecule has 0 bridgehead atoms. The Morgan fingerprint density at radius 2 is 1.95 bits per heavy atom. The molecule has 2 N–H and O–H groups in total. The van der Waals surface area contributed by atoms with Crippen LogP contribution in [0.5, 0.6) is 0 Å². The van der Waals surface area contributed by atoms with E-state index in [1.807, 2.05) is 0 Å². The number of nitrogens with two attached hydrogens (primary N) is 1. The lowest BCUT2D eigenvalue weighted by atomic mass is 10.2. The number of anilines is 1. The van der Waals surface area contributed by atoms with Crippen LogP contribution in [0, 0.1) is 5.82 Å². The molecule has 0 saturated heterocycles. The Morgan fingerprint density at radius 1 is 1.30 bits per heavy atom. The van der Waals surface area contributed by atoms with Gasteiger partial charge in [0, 0.05) is 19.8 Å². The fraction of sp³-hybridized carbons (Fsp3) is 0.417. The highest BCUT2D eigenvalue weighted by atomic mass is 19.4. The van der Waals surface area contributed by atoms with Crippen LogP contribution >= 0.6 is 0 Å². The van der Waals surface area contributed by atoms with E-state index in [9.17, 15) is 17.6 Å². The predicted molar refractivity (Wildman–Crippen MR) is 68.2 cm³/mol. The lowest BCUT2D eigenvalue weighted by molar-refractivity contribution is -0.139. The summed E-state index contributed by atoms with van der Waals surface area (Å²) in [4.78, 5) is 5.24. The topological polar surface area (TPSA) is 50.8 Å². The van der Waals surface area contributed by atoms with Gasteiger partial charge in [0.15, 0.2) is 0 Å². The molecule has 2 rings (SSSR count). The van der Waals surface area contributed by atoms with Gasteiger partial charge in [0.1, 0.15) is 12.4 Å². The van der Waals surface area contributed by atoms with Crippen molar-refractivity contribution in [3.63, 3.8) is 0 Å². The second kappa shape index (κ2) is 6.44. The molecule has 0 radical (unpaired) electrons. The van der Waals surface area contributed by atoms with Gasteiger partial charge < -0.3 is 15.4 Å². The summed E-state index contributed by atoms with van der Waals surface area (Å²) >= 11 is 0. The molecule has 1 aromatic rings. The van der Waals surface area contributed by atoms with Gasteiger partial charge in [-0.05, 0) is 18.2 Å². The largest absolute Gasteiger partial charge is 0.463 e. The minimum atomic E-state index is -4.63. The molecule has 0 saturated carbocycles. The van der Waals surface area contributed by atoms with Crippen molar-refractivity contribution in [3.8, 4) is 0 Å². The predicted octanol–water partition coefficient (Wildman–Crippen LogP) is 2.24. The molecule has 0 amide bonds. The molecule has 0 spiro atoms. The highest BCUT2D eigenvalue weighted by Gasteiger charge is 2.33. The summed E-state index contributed by atoms with van der Waals surface area (Å²) in [7, 11) is 3.25. The molecule has 0 aliphatic carbocycles. The average molecular weight is 293 g/mol. The standard InChI is InChI=1S/C9H9F4N.C3H6N2O/c1-14(2)6-3-4-7(8(10)5-6)9(11,12)13;4-3-5-1-2-6-3/h3-5H,1-2H3;1-2H2,(H2,4,5). The van der Waals surface area contributed by atoms with Crippen molar-refractivity contribution in [2.75, 3.05) is 32.1 Å². The molecule has 0 atom stereocenters. The summed E-state index contributed by atoms with van der Waals surface area (Å²) in [6.07, 6.45) is -4.63. The molecule has 1 aromatic carbocycles. The molecule has 112 valence electrons. The molecule has 0 fully saturated rings. The zero-order chi connectivity index (χ0) is 15.3. The lowest BCUT2D eigenvalue weighted by Crippen LogP contribution is -2.12. The third-order valence-electron chi connectivity index (χ3n) is 2.38. The van der Waals surface area contributed by atoms with Crippen molar-refractivity contribution in [3.05, 3.63) is 29.6 Å². The van der Waals surface area contributed by atoms with Gasteiger partial charge in [0.2, 0.25) is 0 Å². The minimum Gasteiger partial charge on any atom is -0.463 e. The quantitative estimate of drug-likeness (QED) is 0.808. The van der Waals surface area contributed by atoms with E-state index in [2.05, 4.69) is 9.73 Å². The van der Waals surface area contributed by atoms with Crippen LogP contribution in [0.2, 0.25) is 0 Å². The Kier molecular flexibility index (Phi) is 5.18. The van der Waals surface area contributed by atoms with E-state index in [1.54, 1.807) is 14.1 Å². The maximum absolute atomic E-state index is 13.0. The highest BCUT2D eigenvalue weighted by molar-refractivity contribution is 5.72. The molecule has 0 aromatic heterocycles. The first kappa shape index (κ1) is 16.1. The molecular weight excluding hydrogens is 278 g/mol. The fourth-order valence-electron chi connectivity index (χ4n) is 1.36. The van der Waals surface area contributed by atoms with E-state index in [4.69, 9.17) is 5.73 Å². The fourth-order valence-corrected chi connectivity index (χ4v) is 1.36. The van der Waals surface area contributed by atoms with E-state index < -0.39 is 17.6 Å². The van der Waals surface area contributed by atoms with E-state index in [0.717, 1.165) is 18.7 Å². The van der Waals surface area contributed by atoms with E-state index in [-0.39, 0.29) is 0 Å². The Balaban J connectivity index is 0.000000276. The van der Waals surface area contributed by atoms with Gasteiger partial charge in [0.05, 0.1) is 12.1 Å². The summed E-state index contributed by atoms with van der Waals surface area (Å²) in [6.45, 7) is 1.39. The smallest absolute Gasteiger partial charge is 0.419 e. The summed E-state index contributed by atoms with van der Waals surface area (Å²) in [6, 6.07) is 3.16. The zero-order valence-corrected chi connectivity index (χ0v) is 11.0. The van der Waals surface area contributed by atoms with Crippen molar-refractivity contribution >= 4 is 11.7 Å². The monoisotopic (exact) mass is 293 g/mol. The first-order valence-electron chi connectivity index (χ1n) is 5.68. The van der Waals surface area contributed by atoms with Crippen molar-refractivity contribution in [2.45, 2.75) is 6.18 Å². The van der Waals surface area contributed by atoms with Crippen LogP contribution in [0.1, 0.15) is 5.56 Å². The number of rotatable bonds is 1. The minimum absolute atomic E-state index is 0.329. The third kappa shape index (κ3) is 4.60. The number of benzene rings is 1. The van der Waals surface area contributed by atoms with Gasteiger partial charge in [-0.3, -0.25) is 0 Å².